The maximum Gasteiger partial charge on any atom is 0.241 e. The smallest absolute Gasteiger partial charge is 0.241 e. The molecule has 1 amide bonds. The molecule has 0 atom stereocenters. The van der Waals surface area contributed by atoms with Crippen LogP contribution in [0.3, 0.4) is 0 Å². The van der Waals surface area contributed by atoms with Crippen LogP contribution in [-0.2, 0) is 4.79 Å². The van der Waals surface area contributed by atoms with Gasteiger partial charge in [0.05, 0.1) is 18.0 Å². The van der Waals surface area contributed by atoms with Crippen LogP contribution in [0.1, 0.15) is 20.3 Å². The van der Waals surface area contributed by atoms with Crippen molar-refractivity contribution < 1.29 is 4.79 Å². The summed E-state index contributed by atoms with van der Waals surface area (Å²) in [6, 6.07) is 1.97. The van der Waals surface area contributed by atoms with E-state index in [2.05, 4.69) is 0 Å². The minimum Gasteiger partial charge on any atom is -0.343 e. The van der Waals surface area contributed by atoms with E-state index in [0.717, 1.165) is 0 Å². The van der Waals surface area contributed by atoms with E-state index in [1.807, 2.05) is 6.07 Å². The Bertz CT molecular complexity index is 199. The van der Waals surface area contributed by atoms with Gasteiger partial charge in [0.1, 0.15) is 0 Å². The van der Waals surface area contributed by atoms with Crippen LogP contribution >= 0.6 is 0 Å². The van der Waals surface area contributed by atoms with Gasteiger partial charge in [-0.1, -0.05) is 0 Å². The Morgan fingerprint density at radius 3 is 2.50 bits per heavy atom. The van der Waals surface area contributed by atoms with Crippen molar-refractivity contribution in [2.24, 2.45) is 5.73 Å². The van der Waals surface area contributed by atoms with Crippen molar-refractivity contribution in [1.82, 2.24) is 4.90 Å². The van der Waals surface area contributed by atoms with Crippen molar-refractivity contribution >= 4 is 5.91 Å². The number of carbonyl (C=O) groups is 1. The van der Waals surface area contributed by atoms with E-state index in [0.29, 0.717) is 13.0 Å². The Labute approximate surface area is 72.9 Å². The molecule has 0 aromatic carbocycles. The number of nitriles is 1. The van der Waals surface area contributed by atoms with Gasteiger partial charge in [0.2, 0.25) is 5.91 Å². The third-order valence-corrected chi connectivity index (χ3v) is 1.46. The number of amides is 1. The van der Waals surface area contributed by atoms with Gasteiger partial charge in [-0.3, -0.25) is 4.79 Å². The van der Waals surface area contributed by atoms with Gasteiger partial charge in [-0.25, -0.2) is 0 Å². The minimum atomic E-state index is -0.843. The SMILES string of the molecule is CN(CCC#N)C(=O)C(C)(C)N. The first-order chi connectivity index (χ1) is 5.39. The monoisotopic (exact) mass is 169 g/mol. The van der Waals surface area contributed by atoms with Crippen molar-refractivity contribution in [3.63, 3.8) is 0 Å². The number of hydrogen-bond acceptors (Lipinski definition) is 3. The summed E-state index contributed by atoms with van der Waals surface area (Å²) in [5.74, 6) is -0.141. The minimum absolute atomic E-state index is 0.141. The summed E-state index contributed by atoms with van der Waals surface area (Å²) in [6.45, 7) is 3.74. The van der Waals surface area contributed by atoms with Crippen LogP contribution in [0.15, 0.2) is 0 Å². The number of likely N-dealkylation sites (N-methyl/N-ethyl adjacent to an activating group) is 1. The summed E-state index contributed by atoms with van der Waals surface area (Å²) < 4.78 is 0. The highest BCUT2D eigenvalue weighted by Gasteiger charge is 2.24. The zero-order valence-electron chi connectivity index (χ0n) is 7.79. The van der Waals surface area contributed by atoms with Crippen molar-refractivity contribution in [2.45, 2.75) is 25.8 Å². The lowest BCUT2D eigenvalue weighted by atomic mass is 10.1. The quantitative estimate of drug-likeness (QED) is 0.651. The lowest BCUT2D eigenvalue weighted by molar-refractivity contribution is -0.134. The molecule has 68 valence electrons. The Balaban J connectivity index is 4.04. The van der Waals surface area contributed by atoms with Crippen molar-refractivity contribution in [2.75, 3.05) is 13.6 Å². The van der Waals surface area contributed by atoms with Crippen molar-refractivity contribution in [3.8, 4) is 6.07 Å². The first-order valence-corrected chi connectivity index (χ1v) is 3.81. The molecule has 0 unspecified atom stereocenters. The normalized spacial score (nSPS) is 10.6. The molecule has 0 rings (SSSR count). The summed E-state index contributed by atoms with van der Waals surface area (Å²) in [5.41, 5.74) is 4.73. The van der Waals surface area contributed by atoms with E-state index < -0.39 is 5.54 Å². The summed E-state index contributed by atoms with van der Waals surface area (Å²) in [5, 5.41) is 8.28. The fourth-order valence-corrected chi connectivity index (χ4v) is 0.811. The average Bonchev–Trinajstić information content (AvgIpc) is 1.97. The number of hydrogen-bond donors (Lipinski definition) is 1. The van der Waals surface area contributed by atoms with Gasteiger partial charge >= 0.3 is 0 Å². The number of nitrogens with two attached hydrogens (primary N) is 1. The second-order valence-electron chi connectivity index (χ2n) is 3.36. The van der Waals surface area contributed by atoms with E-state index in [-0.39, 0.29) is 5.91 Å². The van der Waals surface area contributed by atoms with Gasteiger partial charge in [-0.05, 0) is 13.8 Å². The van der Waals surface area contributed by atoms with Crippen LogP contribution in [0, 0.1) is 11.3 Å². The molecule has 0 aliphatic rings. The Hall–Kier alpha value is -1.08. The first kappa shape index (κ1) is 10.9. The Kier molecular flexibility index (Phi) is 3.71. The van der Waals surface area contributed by atoms with Gasteiger partial charge in [0, 0.05) is 13.6 Å². The van der Waals surface area contributed by atoms with Gasteiger partial charge < -0.3 is 10.6 Å². The molecule has 0 saturated carbocycles. The molecule has 0 fully saturated rings. The number of rotatable bonds is 3. The fourth-order valence-electron chi connectivity index (χ4n) is 0.811. The molecule has 0 aliphatic heterocycles. The van der Waals surface area contributed by atoms with Crippen molar-refractivity contribution in [3.05, 3.63) is 0 Å². The summed E-state index contributed by atoms with van der Waals surface area (Å²) in [4.78, 5) is 12.8. The molecule has 0 aromatic rings. The van der Waals surface area contributed by atoms with Crippen molar-refractivity contribution in [1.29, 1.82) is 5.26 Å². The number of nitrogens with zero attached hydrogens (tertiary/aromatic N) is 2. The second kappa shape index (κ2) is 4.07. The largest absolute Gasteiger partial charge is 0.343 e. The van der Waals surface area contributed by atoms with Gasteiger partial charge in [-0.15, -0.1) is 0 Å². The summed E-state index contributed by atoms with van der Waals surface area (Å²) >= 11 is 0. The third-order valence-electron chi connectivity index (χ3n) is 1.46. The lowest BCUT2D eigenvalue weighted by Crippen LogP contribution is -2.49. The third kappa shape index (κ3) is 3.35. The van der Waals surface area contributed by atoms with Crippen LogP contribution in [0.5, 0.6) is 0 Å². The molecule has 0 bridgehead atoms. The summed E-state index contributed by atoms with van der Waals surface area (Å²) in [6.07, 6.45) is 0.346. The van der Waals surface area contributed by atoms with E-state index >= 15 is 0 Å². The molecule has 4 heteroatoms. The van der Waals surface area contributed by atoms with Crippen LogP contribution < -0.4 is 5.73 Å². The predicted molar refractivity (Wildman–Crippen MR) is 46.1 cm³/mol. The molecule has 0 spiro atoms. The van der Waals surface area contributed by atoms with E-state index in [1.165, 1.54) is 4.90 Å². The zero-order chi connectivity index (χ0) is 9.78. The topological polar surface area (TPSA) is 70.1 Å². The standard InChI is InChI=1S/C8H15N3O/c1-8(2,10)7(12)11(3)6-4-5-9/h4,6,10H2,1-3H3. The van der Waals surface area contributed by atoms with Crippen LogP contribution in [0.4, 0.5) is 0 Å². The number of carbonyl (C=O) groups excluding carboxylic acids is 1. The highest BCUT2D eigenvalue weighted by Crippen LogP contribution is 2.02. The lowest BCUT2D eigenvalue weighted by Gasteiger charge is -2.24. The highest BCUT2D eigenvalue weighted by molar-refractivity contribution is 5.84. The molecule has 0 radical (unpaired) electrons. The second-order valence-corrected chi connectivity index (χ2v) is 3.36. The van der Waals surface area contributed by atoms with E-state index in [1.54, 1.807) is 20.9 Å². The molecule has 12 heavy (non-hydrogen) atoms. The molecule has 2 N–H and O–H groups in total. The van der Waals surface area contributed by atoms with Gasteiger partial charge in [0.25, 0.3) is 0 Å². The Morgan fingerprint density at radius 1 is 1.67 bits per heavy atom. The van der Waals surface area contributed by atoms with E-state index in [9.17, 15) is 4.79 Å². The highest BCUT2D eigenvalue weighted by atomic mass is 16.2. The first-order valence-electron chi connectivity index (χ1n) is 3.81. The summed E-state index contributed by atoms with van der Waals surface area (Å²) in [7, 11) is 1.65. The van der Waals surface area contributed by atoms with Crippen LogP contribution in [0.2, 0.25) is 0 Å². The van der Waals surface area contributed by atoms with Gasteiger partial charge in [0.15, 0.2) is 0 Å². The van der Waals surface area contributed by atoms with Gasteiger partial charge in [-0.2, -0.15) is 5.26 Å². The maximum atomic E-state index is 11.4. The molecular formula is C8H15N3O. The molecule has 0 aromatic heterocycles. The molecular weight excluding hydrogens is 154 g/mol. The molecule has 0 aliphatic carbocycles. The van der Waals surface area contributed by atoms with Crippen LogP contribution in [0.25, 0.3) is 0 Å². The van der Waals surface area contributed by atoms with Crippen LogP contribution in [-0.4, -0.2) is 29.9 Å². The predicted octanol–water partition coefficient (Wildman–Crippen LogP) is 0.0958. The average molecular weight is 169 g/mol. The Morgan fingerprint density at radius 2 is 2.17 bits per heavy atom. The molecule has 0 heterocycles. The molecule has 4 nitrogen and oxygen atoms in total. The maximum absolute atomic E-state index is 11.4. The zero-order valence-corrected chi connectivity index (χ0v) is 7.79. The fraction of sp³-hybridized carbons (Fsp3) is 0.750. The molecule has 0 saturated heterocycles. The van der Waals surface area contributed by atoms with E-state index in [4.69, 9.17) is 11.0 Å².